The van der Waals surface area contributed by atoms with Gasteiger partial charge in [0, 0.05) is 21.8 Å². The molecule has 0 spiro atoms. The van der Waals surface area contributed by atoms with E-state index < -0.39 is 23.9 Å². The van der Waals surface area contributed by atoms with E-state index in [1.807, 2.05) is 0 Å². The molecule has 0 radical (unpaired) electrons. The molecule has 34 heavy (non-hydrogen) atoms. The van der Waals surface area contributed by atoms with Crippen molar-refractivity contribution in [1.82, 2.24) is 9.97 Å². The summed E-state index contributed by atoms with van der Waals surface area (Å²) in [6, 6.07) is 0. The van der Waals surface area contributed by atoms with Gasteiger partial charge in [0.15, 0.2) is 0 Å². The summed E-state index contributed by atoms with van der Waals surface area (Å²) in [5, 5.41) is 0.217. The summed E-state index contributed by atoms with van der Waals surface area (Å²) < 4.78 is 20.7. The normalized spacial score (nSPS) is 10.6. The number of ether oxygens (including phenoxy) is 4. The van der Waals surface area contributed by atoms with Gasteiger partial charge in [-0.15, -0.1) is 0 Å². The third-order valence-corrected chi connectivity index (χ3v) is 5.76. The van der Waals surface area contributed by atoms with Crippen LogP contribution in [0.5, 0.6) is 0 Å². The summed E-state index contributed by atoms with van der Waals surface area (Å²) >= 11 is 6.63. The molecule has 2 heterocycles. The topological polar surface area (TPSA) is 137 Å². The Morgan fingerprint density at radius 3 is 1.15 bits per heavy atom. The second-order valence-corrected chi connectivity index (χ2v) is 7.73. The first-order valence-corrected chi connectivity index (χ1v) is 12.9. The predicted octanol–water partition coefficient (Wildman–Crippen LogP) is 4.51. The zero-order valence-electron chi connectivity index (χ0n) is 19.3. The van der Waals surface area contributed by atoms with Crippen LogP contribution in [0.3, 0.4) is 0 Å². The number of alkyl halides is 2. The summed E-state index contributed by atoms with van der Waals surface area (Å²) in [4.78, 5) is 57.0. The lowest BCUT2D eigenvalue weighted by Gasteiger charge is -2.08. The predicted molar refractivity (Wildman–Crippen MR) is 130 cm³/mol. The molecule has 2 aromatic rings. The van der Waals surface area contributed by atoms with E-state index in [2.05, 4.69) is 41.8 Å². The molecule has 186 valence electrons. The maximum Gasteiger partial charge on any atom is 0.355 e. The summed E-state index contributed by atoms with van der Waals surface area (Å²) in [6.07, 6.45) is 0. The van der Waals surface area contributed by atoms with Crippen LogP contribution >= 0.6 is 31.9 Å². The summed E-state index contributed by atoms with van der Waals surface area (Å²) in [6.45, 7) is 6.97. The Balaban J connectivity index is 2.94. The van der Waals surface area contributed by atoms with Gasteiger partial charge in [0.25, 0.3) is 0 Å². The molecule has 0 aliphatic heterocycles. The van der Waals surface area contributed by atoms with E-state index in [0.717, 1.165) is 0 Å². The van der Waals surface area contributed by atoms with Crippen LogP contribution in [0.15, 0.2) is 0 Å². The Morgan fingerprint density at radius 1 is 0.588 bits per heavy atom. The number of nitrogens with one attached hydrogen (secondary N) is 2. The highest BCUT2D eigenvalue weighted by atomic mass is 79.9. The highest BCUT2D eigenvalue weighted by molar-refractivity contribution is 9.08. The van der Waals surface area contributed by atoms with Gasteiger partial charge in [0.1, 0.15) is 11.4 Å². The molecule has 0 aliphatic rings. The standard InChI is InChI=1S/C22H26Br2N2O8/c1-5-31-19(27)13-11(9-23)15(21(29)33-7-3)25-17(13)18-14(20(28)32-6-2)12(10-24)16(26-18)22(30)34-8-4/h25-26H,5-10H2,1-4H3. The van der Waals surface area contributed by atoms with Crippen molar-refractivity contribution in [2.24, 2.45) is 0 Å². The van der Waals surface area contributed by atoms with Crippen LogP contribution in [-0.4, -0.2) is 60.3 Å². The number of carbonyl (C=O) groups excluding carboxylic acids is 4. The van der Waals surface area contributed by atoms with Gasteiger partial charge in [-0.05, 0) is 27.7 Å². The quantitative estimate of drug-likeness (QED) is 0.217. The van der Waals surface area contributed by atoms with Crippen LogP contribution in [0.25, 0.3) is 11.4 Å². The Labute approximate surface area is 213 Å². The minimum absolute atomic E-state index is 0.0132. The molecule has 10 nitrogen and oxygen atoms in total. The van der Waals surface area contributed by atoms with Crippen molar-refractivity contribution < 1.29 is 38.1 Å². The molecular weight excluding hydrogens is 580 g/mol. The minimum atomic E-state index is -0.721. The highest BCUT2D eigenvalue weighted by Gasteiger charge is 2.34. The van der Waals surface area contributed by atoms with Gasteiger partial charge < -0.3 is 28.9 Å². The van der Waals surface area contributed by atoms with Crippen molar-refractivity contribution in [3.8, 4) is 11.4 Å². The first kappa shape index (κ1) is 27.6. The van der Waals surface area contributed by atoms with Crippen molar-refractivity contribution in [3.63, 3.8) is 0 Å². The van der Waals surface area contributed by atoms with Crippen molar-refractivity contribution in [1.29, 1.82) is 0 Å². The second kappa shape index (κ2) is 12.7. The Hall–Kier alpha value is -2.60. The lowest BCUT2D eigenvalue weighted by atomic mass is 10.0. The number of aromatic amines is 2. The average Bonchev–Trinajstić information content (AvgIpc) is 3.38. The third-order valence-electron chi connectivity index (χ3n) is 4.64. The fourth-order valence-electron chi connectivity index (χ4n) is 3.33. The largest absolute Gasteiger partial charge is 0.462 e. The number of hydrogen-bond acceptors (Lipinski definition) is 8. The molecule has 0 saturated heterocycles. The molecule has 0 saturated carbocycles. The zero-order chi connectivity index (χ0) is 25.4. The van der Waals surface area contributed by atoms with Crippen molar-refractivity contribution >= 4 is 55.7 Å². The summed E-state index contributed by atoms with van der Waals surface area (Å²) in [7, 11) is 0. The molecule has 2 rings (SSSR count). The number of carbonyl (C=O) groups is 4. The van der Waals surface area contributed by atoms with Gasteiger partial charge in [-0.25, -0.2) is 19.2 Å². The Bertz CT molecular complexity index is 989. The highest BCUT2D eigenvalue weighted by Crippen LogP contribution is 2.36. The van der Waals surface area contributed by atoms with Crippen LogP contribution in [0.1, 0.15) is 80.5 Å². The molecule has 0 bridgehead atoms. The van der Waals surface area contributed by atoms with E-state index >= 15 is 0 Å². The molecule has 0 aromatic carbocycles. The fourth-order valence-corrected chi connectivity index (χ4v) is 4.45. The molecule has 2 aromatic heterocycles. The smallest absolute Gasteiger partial charge is 0.355 e. The van der Waals surface area contributed by atoms with Gasteiger partial charge in [-0.2, -0.15) is 0 Å². The lowest BCUT2D eigenvalue weighted by molar-refractivity contribution is 0.0505. The number of aromatic nitrogens is 2. The monoisotopic (exact) mass is 604 g/mol. The van der Waals surface area contributed by atoms with Gasteiger partial charge in [-0.3, -0.25) is 0 Å². The van der Waals surface area contributed by atoms with Crippen LogP contribution in [0.4, 0.5) is 0 Å². The number of rotatable bonds is 11. The second-order valence-electron chi connectivity index (χ2n) is 6.61. The third kappa shape index (κ3) is 5.54. The fraction of sp³-hybridized carbons (Fsp3) is 0.455. The Morgan fingerprint density at radius 2 is 0.882 bits per heavy atom. The van der Waals surface area contributed by atoms with Gasteiger partial charge >= 0.3 is 23.9 Å². The molecule has 2 N–H and O–H groups in total. The molecule has 0 fully saturated rings. The first-order chi connectivity index (χ1) is 16.3. The van der Waals surface area contributed by atoms with Crippen molar-refractivity contribution in [2.45, 2.75) is 38.4 Å². The maximum absolute atomic E-state index is 13.0. The van der Waals surface area contributed by atoms with Gasteiger partial charge in [-0.1, -0.05) is 31.9 Å². The van der Waals surface area contributed by atoms with E-state index in [1.54, 1.807) is 27.7 Å². The van der Waals surface area contributed by atoms with E-state index in [-0.39, 0.29) is 82.1 Å². The van der Waals surface area contributed by atoms with Gasteiger partial charge in [0.2, 0.25) is 0 Å². The number of H-pyrrole nitrogens is 2. The SMILES string of the molecule is CCOC(=O)c1[nH]c(-c2[nH]c(C(=O)OCC)c(CBr)c2C(=O)OCC)c(C(=O)OCC)c1CBr. The lowest BCUT2D eigenvalue weighted by Crippen LogP contribution is -2.11. The maximum atomic E-state index is 13.0. The van der Waals surface area contributed by atoms with Crippen LogP contribution in [-0.2, 0) is 29.6 Å². The number of esters is 4. The van der Waals surface area contributed by atoms with Crippen molar-refractivity contribution in [3.05, 3.63) is 33.6 Å². The molecule has 0 aliphatic carbocycles. The van der Waals surface area contributed by atoms with Gasteiger partial charge in [0.05, 0.1) is 48.9 Å². The molecule has 12 heteroatoms. The number of halogens is 2. The van der Waals surface area contributed by atoms with Crippen molar-refractivity contribution in [2.75, 3.05) is 26.4 Å². The Kier molecular flexibility index (Phi) is 10.4. The van der Waals surface area contributed by atoms with E-state index in [1.165, 1.54) is 0 Å². The molecule has 0 amide bonds. The molecule has 0 unspecified atom stereocenters. The van der Waals surface area contributed by atoms with Crippen LogP contribution in [0.2, 0.25) is 0 Å². The molecule has 0 atom stereocenters. The van der Waals surface area contributed by atoms with E-state index in [9.17, 15) is 19.2 Å². The number of hydrogen-bond donors (Lipinski definition) is 2. The van der Waals surface area contributed by atoms with Crippen LogP contribution < -0.4 is 0 Å². The minimum Gasteiger partial charge on any atom is -0.462 e. The van der Waals surface area contributed by atoms with E-state index in [4.69, 9.17) is 18.9 Å². The summed E-state index contributed by atoms with van der Waals surface area (Å²) in [5.74, 6) is -2.82. The molecular formula is C22H26Br2N2O8. The van der Waals surface area contributed by atoms with Crippen LogP contribution in [0, 0.1) is 0 Å². The van der Waals surface area contributed by atoms with E-state index in [0.29, 0.717) is 0 Å². The summed E-state index contributed by atoms with van der Waals surface area (Å²) in [5.41, 5.74) is 0.797. The average molecular weight is 606 g/mol. The zero-order valence-corrected chi connectivity index (χ0v) is 22.4. The first-order valence-electron chi connectivity index (χ1n) is 10.6.